The number of amides is 1. The van der Waals surface area contributed by atoms with Gasteiger partial charge in [-0.15, -0.1) is 0 Å². The number of carbonyl (C=O) groups excluding carboxylic acids is 1. The first-order chi connectivity index (χ1) is 14.5. The molecule has 30 heavy (non-hydrogen) atoms. The highest BCUT2D eigenvalue weighted by molar-refractivity contribution is 9.10. The summed E-state index contributed by atoms with van der Waals surface area (Å²) in [4.78, 5) is 17.0. The number of anilines is 1. The predicted molar refractivity (Wildman–Crippen MR) is 127 cm³/mol. The lowest BCUT2D eigenvalue weighted by Gasteiger charge is -2.11. The molecule has 0 saturated carbocycles. The molecule has 4 rings (SSSR count). The summed E-state index contributed by atoms with van der Waals surface area (Å²) in [5, 5.41) is 5.94. The number of rotatable bonds is 4. The lowest BCUT2D eigenvalue weighted by atomic mass is 10.1. The Labute approximate surface area is 187 Å². The molecule has 0 unspecified atom stereocenters. The van der Waals surface area contributed by atoms with Gasteiger partial charge in [-0.25, -0.2) is 4.98 Å². The third-order valence-corrected chi connectivity index (χ3v) is 5.47. The van der Waals surface area contributed by atoms with Crippen LogP contribution in [0.3, 0.4) is 0 Å². The van der Waals surface area contributed by atoms with Gasteiger partial charge in [0, 0.05) is 15.7 Å². The monoisotopic (exact) mass is 479 g/mol. The van der Waals surface area contributed by atoms with Gasteiger partial charge < -0.3 is 9.73 Å². The van der Waals surface area contributed by atoms with Crippen LogP contribution in [0.5, 0.6) is 0 Å². The number of thiocarbonyl (C=S) groups is 1. The highest BCUT2D eigenvalue weighted by Crippen LogP contribution is 2.27. The number of nitrogens with one attached hydrogen (secondary N) is 2. The van der Waals surface area contributed by atoms with Crippen LogP contribution in [-0.2, 0) is 6.42 Å². The molecule has 2 N–H and O–H groups in total. The van der Waals surface area contributed by atoms with E-state index in [1.807, 2.05) is 48.5 Å². The quantitative estimate of drug-likeness (QED) is 0.354. The minimum atomic E-state index is -0.290. The molecule has 0 aliphatic rings. The summed E-state index contributed by atoms with van der Waals surface area (Å²) in [6.07, 6.45) is 0.945. The number of aryl methyl sites for hydroxylation is 1. The Hall–Kier alpha value is -3.03. The second kappa shape index (κ2) is 8.77. The fourth-order valence-corrected chi connectivity index (χ4v) is 3.70. The Balaban J connectivity index is 1.50. The Bertz CT molecular complexity index is 1250. The van der Waals surface area contributed by atoms with Crippen molar-refractivity contribution in [2.45, 2.75) is 13.3 Å². The topological polar surface area (TPSA) is 67.2 Å². The van der Waals surface area contributed by atoms with Gasteiger partial charge in [0.2, 0.25) is 5.89 Å². The lowest BCUT2D eigenvalue weighted by Crippen LogP contribution is -2.34. The fourth-order valence-electron chi connectivity index (χ4n) is 3.02. The minimum Gasteiger partial charge on any atom is -0.436 e. The van der Waals surface area contributed by atoms with Gasteiger partial charge >= 0.3 is 0 Å². The van der Waals surface area contributed by atoms with Gasteiger partial charge in [-0.2, -0.15) is 0 Å². The zero-order valence-electron chi connectivity index (χ0n) is 16.1. The average Bonchev–Trinajstić information content (AvgIpc) is 3.17. The van der Waals surface area contributed by atoms with Crippen LogP contribution in [0.25, 0.3) is 22.6 Å². The maximum atomic E-state index is 12.4. The predicted octanol–water partition coefficient (Wildman–Crippen LogP) is 5.95. The van der Waals surface area contributed by atoms with Crippen molar-refractivity contribution >= 4 is 56.0 Å². The van der Waals surface area contributed by atoms with Crippen LogP contribution in [0.1, 0.15) is 22.8 Å². The second-order valence-corrected chi connectivity index (χ2v) is 7.91. The van der Waals surface area contributed by atoms with Gasteiger partial charge in [0.15, 0.2) is 10.7 Å². The Morgan fingerprint density at radius 3 is 2.73 bits per heavy atom. The van der Waals surface area contributed by atoms with Crippen molar-refractivity contribution in [2.75, 3.05) is 5.32 Å². The molecule has 0 aliphatic heterocycles. The van der Waals surface area contributed by atoms with Crippen LogP contribution in [0.15, 0.2) is 75.6 Å². The molecule has 0 bridgehead atoms. The van der Waals surface area contributed by atoms with Crippen molar-refractivity contribution in [1.82, 2.24) is 10.3 Å². The first-order valence-corrected chi connectivity index (χ1v) is 10.6. The highest BCUT2D eigenvalue weighted by atomic mass is 79.9. The van der Waals surface area contributed by atoms with Crippen molar-refractivity contribution in [1.29, 1.82) is 0 Å². The van der Waals surface area contributed by atoms with Crippen LogP contribution in [0.4, 0.5) is 5.69 Å². The van der Waals surface area contributed by atoms with Gasteiger partial charge in [-0.05, 0) is 82.6 Å². The molecule has 0 spiro atoms. The lowest BCUT2D eigenvalue weighted by molar-refractivity contribution is 0.0977. The highest BCUT2D eigenvalue weighted by Gasteiger charge is 2.12. The molecule has 1 aromatic heterocycles. The van der Waals surface area contributed by atoms with Crippen molar-refractivity contribution in [3.8, 4) is 11.5 Å². The molecule has 0 saturated heterocycles. The number of carbonyl (C=O) groups is 1. The van der Waals surface area contributed by atoms with E-state index in [4.69, 9.17) is 16.6 Å². The molecule has 5 nitrogen and oxygen atoms in total. The van der Waals surface area contributed by atoms with Gasteiger partial charge in [-0.1, -0.05) is 31.2 Å². The van der Waals surface area contributed by atoms with E-state index in [9.17, 15) is 4.79 Å². The van der Waals surface area contributed by atoms with E-state index in [1.165, 1.54) is 5.56 Å². The number of aromatic nitrogens is 1. The van der Waals surface area contributed by atoms with E-state index < -0.39 is 0 Å². The second-order valence-electron chi connectivity index (χ2n) is 6.64. The molecule has 3 aromatic carbocycles. The summed E-state index contributed by atoms with van der Waals surface area (Å²) < 4.78 is 6.61. The SMILES string of the molecule is CCc1ccc2oc(-c3cccc(NC(=S)NC(=O)c4ccccc4Br)c3)nc2c1. The molecule has 0 radical (unpaired) electrons. The molecule has 7 heteroatoms. The van der Waals surface area contributed by atoms with Crippen LogP contribution >= 0.6 is 28.1 Å². The maximum absolute atomic E-state index is 12.4. The van der Waals surface area contributed by atoms with Crippen molar-refractivity contribution in [2.24, 2.45) is 0 Å². The van der Waals surface area contributed by atoms with E-state index in [0.717, 1.165) is 28.8 Å². The Morgan fingerprint density at radius 2 is 1.93 bits per heavy atom. The number of nitrogens with zero attached hydrogens (tertiary/aromatic N) is 1. The minimum absolute atomic E-state index is 0.207. The molecule has 0 fully saturated rings. The van der Waals surface area contributed by atoms with E-state index in [-0.39, 0.29) is 11.0 Å². The van der Waals surface area contributed by atoms with Gasteiger partial charge in [0.1, 0.15) is 5.52 Å². The standard InChI is InChI=1S/C23H18BrN3O2S/c1-2-14-10-11-20-19(12-14)26-22(29-20)15-6-5-7-16(13-15)25-23(30)27-21(28)17-8-3-4-9-18(17)24/h3-13H,2H2,1H3,(H2,25,27,28,30). The van der Waals surface area contributed by atoms with Crippen molar-refractivity contribution in [3.05, 3.63) is 82.3 Å². The molecule has 4 aromatic rings. The van der Waals surface area contributed by atoms with Crippen LogP contribution in [0, 0.1) is 0 Å². The summed E-state index contributed by atoms with van der Waals surface area (Å²) in [5.74, 6) is 0.242. The summed E-state index contributed by atoms with van der Waals surface area (Å²) in [6.45, 7) is 2.11. The summed E-state index contributed by atoms with van der Waals surface area (Å²) >= 11 is 8.67. The van der Waals surface area contributed by atoms with E-state index in [2.05, 4.69) is 38.5 Å². The van der Waals surface area contributed by atoms with Gasteiger partial charge in [0.25, 0.3) is 5.91 Å². The van der Waals surface area contributed by atoms with Crippen molar-refractivity contribution in [3.63, 3.8) is 0 Å². The molecular weight excluding hydrogens is 462 g/mol. The van der Waals surface area contributed by atoms with Crippen LogP contribution < -0.4 is 10.6 Å². The summed E-state index contributed by atoms with van der Waals surface area (Å²) in [7, 11) is 0. The first-order valence-electron chi connectivity index (χ1n) is 9.40. The van der Waals surface area contributed by atoms with E-state index in [1.54, 1.807) is 18.2 Å². The average molecular weight is 480 g/mol. The van der Waals surface area contributed by atoms with Gasteiger partial charge in [-0.3, -0.25) is 10.1 Å². The normalized spacial score (nSPS) is 10.7. The summed E-state index contributed by atoms with van der Waals surface area (Å²) in [6, 6.07) is 20.7. The zero-order valence-corrected chi connectivity index (χ0v) is 18.5. The summed E-state index contributed by atoms with van der Waals surface area (Å²) in [5.41, 5.74) is 4.84. The molecule has 1 heterocycles. The first kappa shape index (κ1) is 20.3. The number of hydrogen-bond donors (Lipinski definition) is 2. The largest absolute Gasteiger partial charge is 0.436 e. The smallest absolute Gasteiger partial charge is 0.258 e. The third kappa shape index (κ3) is 4.42. The van der Waals surface area contributed by atoms with Crippen LogP contribution in [0.2, 0.25) is 0 Å². The fraction of sp³-hybridized carbons (Fsp3) is 0.0870. The number of benzene rings is 3. The van der Waals surface area contributed by atoms with E-state index in [0.29, 0.717) is 15.9 Å². The third-order valence-electron chi connectivity index (χ3n) is 4.57. The molecular formula is C23H18BrN3O2S. The zero-order chi connectivity index (χ0) is 21.1. The maximum Gasteiger partial charge on any atom is 0.258 e. The number of halogens is 1. The number of hydrogen-bond acceptors (Lipinski definition) is 4. The van der Waals surface area contributed by atoms with E-state index >= 15 is 0 Å². The molecule has 0 atom stereocenters. The Morgan fingerprint density at radius 1 is 1.10 bits per heavy atom. The molecule has 150 valence electrons. The van der Waals surface area contributed by atoms with Crippen molar-refractivity contribution < 1.29 is 9.21 Å². The molecule has 0 aliphatic carbocycles. The molecule has 1 amide bonds. The van der Waals surface area contributed by atoms with Gasteiger partial charge in [0.05, 0.1) is 5.56 Å². The Kier molecular flexibility index (Phi) is 5.92. The number of fused-ring (bicyclic) bond motifs is 1. The van der Waals surface area contributed by atoms with Crippen LogP contribution in [-0.4, -0.2) is 16.0 Å². The number of oxazole rings is 1.